The Bertz CT molecular complexity index is 766. The van der Waals surface area contributed by atoms with Gasteiger partial charge in [0, 0.05) is 25.0 Å². The summed E-state index contributed by atoms with van der Waals surface area (Å²) in [5.74, 6) is -0.0989. The van der Waals surface area contributed by atoms with Crippen LogP contribution in [0.3, 0.4) is 0 Å². The molecule has 126 valence electrons. The topological polar surface area (TPSA) is 82.8 Å². The Hall–Kier alpha value is -2.34. The van der Waals surface area contributed by atoms with Gasteiger partial charge in [0.05, 0.1) is 11.5 Å². The highest BCUT2D eigenvalue weighted by Crippen LogP contribution is 2.38. The fourth-order valence-corrected chi connectivity index (χ4v) is 3.86. The van der Waals surface area contributed by atoms with Crippen LogP contribution in [0.5, 0.6) is 0 Å². The fraction of sp³-hybridized carbons (Fsp3) is 0.444. The molecular formula is C18H20N2O4. The second-order valence-corrected chi connectivity index (χ2v) is 6.70. The normalized spacial score (nSPS) is 27.5. The average molecular weight is 328 g/mol. The fourth-order valence-electron chi connectivity index (χ4n) is 3.86. The van der Waals surface area contributed by atoms with E-state index in [1.807, 2.05) is 24.3 Å². The summed E-state index contributed by atoms with van der Waals surface area (Å²) in [6, 6.07) is 9.20. The molecule has 2 fully saturated rings. The van der Waals surface area contributed by atoms with Crippen molar-refractivity contribution in [3.63, 3.8) is 0 Å². The summed E-state index contributed by atoms with van der Waals surface area (Å²) in [7, 11) is 0. The van der Waals surface area contributed by atoms with E-state index in [9.17, 15) is 14.7 Å². The molecule has 2 aliphatic rings. The third-order valence-electron chi connectivity index (χ3n) is 5.24. The first-order valence-electron chi connectivity index (χ1n) is 8.34. The Balaban J connectivity index is 1.61. The summed E-state index contributed by atoms with van der Waals surface area (Å²) in [5, 5.41) is 14.1. The summed E-state index contributed by atoms with van der Waals surface area (Å²) in [6.45, 7) is 1.28. The molecule has 0 saturated carbocycles. The van der Waals surface area contributed by atoms with Crippen LogP contribution in [-0.4, -0.2) is 47.6 Å². The number of likely N-dealkylation sites (tertiary alicyclic amines) is 1. The lowest BCUT2D eigenvalue weighted by atomic mass is 9.71. The molecule has 2 atom stereocenters. The average Bonchev–Trinajstić information content (AvgIpc) is 3.03. The number of amides is 2. The van der Waals surface area contributed by atoms with Crippen molar-refractivity contribution in [2.45, 2.75) is 25.4 Å². The minimum absolute atomic E-state index is 0.150. The number of carbonyl (C=O) groups excluding carboxylic acids is 2. The molecule has 3 heterocycles. The molecule has 2 aliphatic heterocycles. The van der Waals surface area contributed by atoms with Gasteiger partial charge in [-0.15, -0.1) is 0 Å². The molecule has 24 heavy (non-hydrogen) atoms. The molecule has 0 radical (unpaired) electrons. The number of aliphatic hydroxyl groups is 1. The first-order chi connectivity index (χ1) is 11.6. The second kappa shape index (κ2) is 5.63. The number of hydrogen-bond acceptors (Lipinski definition) is 4. The van der Waals surface area contributed by atoms with E-state index in [0.717, 1.165) is 11.8 Å². The van der Waals surface area contributed by atoms with E-state index in [1.165, 1.54) is 0 Å². The van der Waals surface area contributed by atoms with Crippen molar-refractivity contribution in [3.8, 4) is 0 Å². The van der Waals surface area contributed by atoms with Gasteiger partial charge >= 0.3 is 0 Å². The van der Waals surface area contributed by atoms with Crippen LogP contribution in [0.2, 0.25) is 0 Å². The number of hydrogen-bond donors (Lipinski definition) is 2. The molecule has 1 aromatic carbocycles. The molecule has 6 nitrogen and oxygen atoms in total. The number of nitrogens with one attached hydrogen (secondary N) is 1. The lowest BCUT2D eigenvalue weighted by Gasteiger charge is -2.46. The molecule has 6 heteroatoms. The molecule has 1 aromatic heterocycles. The van der Waals surface area contributed by atoms with Crippen LogP contribution in [0.25, 0.3) is 11.0 Å². The highest BCUT2D eigenvalue weighted by Gasteiger charge is 2.50. The van der Waals surface area contributed by atoms with Crippen molar-refractivity contribution >= 4 is 22.8 Å². The molecule has 4 rings (SSSR count). The zero-order valence-corrected chi connectivity index (χ0v) is 13.3. The van der Waals surface area contributed by atoms with E-state index < -0.39 is 11.5 Å². The summed E-state index contributed by atoms with van der Waals surface area (Å²) in [4.78, 5) is 26.9. The number of furan rings is 1. The van der Waals surface area contributed by atoms with E-state index in [0.29, 0.717) is 31.5 Å². The summed E-state index contributed by atoms with van der Waals surface area (Å²) in [5.41, 5.74) is -0.221. The van der Waals surface area contributed by atoms with Crippen molar-refractivity contribution in [3.05, 3.63) is 36.1 Å². The van der Waals surface area contributed by atoms with Gasteiger partial charge in [0.25, 0.3) is 5.91 Å². The zero-order chi connectivity index (χ0) is 16.7. The SMILES string of the molecule is O=C(c1cc2ccccc2o1)N1CC[C@H](O)[C@@]2(CCCNC2=O)C1. The van der Waals surface area contributed by atoms with Gasteiger partial charge in [0.1, 0.15) is 5.58 Å². The van der Waals surface area contributed by atoms with Crippen LogP contribution < -0.4 is 5.32 Å². The first-order valence-corrected chi connectivity index (χ1v) is 8.34. The number of fused-ring (bicyclic) bond motifs is 1. The second-order valence-electron chi connectivity index (χ2n) is 6.70. The van der Waals surface area contributed by atoms with Crippen LogP contribution >= 0.6 is 0 Å². The minimum atomic E-state index is -0.891. The van der Waals surface area contributed by atoms with Gasteiger partial charge in [0.15, 0.2) is 5.76 Å². The predicted octanol–water partition coefficient (Wildman–Crippen LogP) is 1.54. The highest BCUT2D eigenvalue weighted by atomic mass is 16.3. The van der Waals surface area contributed by atoms with Gasteiger partial charge in [-0.3, -0.25) is 9.59 Å². The highest BCUT2D eigenvalue weighted by molar-refractivity contribution is 5.96. The Morgan fingerprint density at radius 1 is 1.38 bits per heavy atom. The van der Waals surface area contributed by atoms with Crippen LogP contribution in [-0.2, 0) is 4.79 Å². The summed E-state index contributed by atoms with van der Waals surface area (Å²) >= 11 is 0. The first kappa shape index (κ1) is 15.2. The smallest absolute Gasteiger partial charge is 0.289 e. The number of rotatable bonds is 1. The molecule has 2 saturated heterocycles. The zero-order valence-electron chi connectivity index (χ0n) is 13.3. The maximum atomic E-state index is 12.8. The third-order valence-corrected chi connectivity index (χ3v) is 5.24. The van der Waals surface area contributed by atoms with Gasteiger partial charge in [-0.05, 0) is 31.4 Å². The standard InChI is InChI=1S/C18H20N2O4/c21-15-6-9-20(11-18(15)7-3-8-19-17(18)23)16(22)14-10-12-4-1-2-5-13(12)24-14/h1-2,4-5,10,15,21H,3,6-9,11H2,(H,19,23)/t15-,18+/m0/s1. The number of piperidine rings is 2. The molecular weight excluding hydrogens is 308 g/mol. The Morgan fingerprint density at radius 2 is 2.21 bits per heavy atom. The van der Waals surface area contributed by atoms with E-state index in [-0.39, 0.29) is 24.1 Å². The van der Waals surface area contributed by atoms with E-state index in [4.69, 9.17) is 4.42 Å². The number of para-hydroxylation sites is 1. The van der Waals surface area contributed by atoms with Crippen molar-refractivity contribution in [2.75, 3.05) is 19.6 Å². The van der Waals surface area contributed by atoms with Gasteiger partial charge in [-0.2, -0.15) is 0 Å². The largest absolute Gasteiger partial charge is 0.451 e. The van der Waals surface area contributed by atoms with Crippen LogP contribution in [0, 0.1) is 5.41 Å². The van der Waals surface area contributed by atoms with Crippen LogP contribution in [0.1, 0.15) is 29.8 Å². The molecule has 0 bridgehead atoms. The summed E-state index contributed by atoms with van der Waals surface area (Å²) in [6.07, 6.45) is 1.11. The van der Waals surface area contributed by atoms with Crippen molar-refractivity contribution in [1.82, 2.24) is 10.2 Å². The number of carbonyl (C=O) groups is 2. The van der Waals surface area contributed by atoms with Gasteiger partial charge < -0.3 is 19.7 Å². The number of nitrogens with zero attached hydrogens (tertiary/aromatic N) is 1. The van der Waals surface area contributed by atoms with Crippen molar-refractivity contribution in [1.29, 1.82) is 0 Å². The van der Waals surface area contributed by atoms with Crippen LogP contribution in [0.15, 0.2) is 34.7 Å². The number of benzene rings is 1. The lowest BCUT2D eigenvalue weighted by Crippen LogP contribution is -2.62. The number of aliphatic hydroxyl groups excluding tert-OH is 1. The van der Waals surface area contributed by atoms with E-state index in [1.54, 1.807) is 11.0 Å². The van der Waals surface area contributed by atoms with Gasteiger partial charge in [-0.1, -0.05) is 18.2 Å². The van der Waals surface area contributed by atoms with Gasteiger partial charge in [0.2, 0.25) is 5.91 Å². The molecule has 0 unspecified atom stereocenters. The Kier molecular flexibility index (Phi) is 3.57. The lowest BCUT2D eigenvalue weighted by molar-refractivity contribution is -0.147. The maximum absolute atomic E-state index is 12.8. The monoisotopic (exact) mass is 328 g/mol. The molecule has 2 amide bonds. The van der Waals surface area contributed by atoms with Crippen molar-refractivity contribution in [2.24, 2.45) is 5.41 Å². The summed E-state index contributed by atoms with van der Waals surface area (Å²) < 4.78 is 5.66. The third kappa shape index (κ3) is 2.29. The predicted molar refractivity (Wildman–Crippen MR) is 87.4 cm³/mol. The Morgan fingerprint density at radius 3 is 3.00 bits per heavy atom. The molecule has 2 N–H and O–H groups in total. The quantitative estimate of drug-likeness (QED) is 0.832. The molecule has 1 spiro atoms. The van der Waals surface area contributed by atoms with Gasteiger partial charge in [-0.25, -0.2) is 0 Å². The minimum Gasteiger partial charge on any atom is -0.451 e. The van der Waals surface area contributed by atoms with E-state index in [2.05, 4.69) is 5.32 Å². The molecule has 2 aromatic rings. The Labute approximate surface area is 139 Å². The molecule has 0 aliphatic carbocycles. The van der Waals surface area contributed by atoms with Crippen LogP contribution in [0.4, 0.5) is 0 Å². The maximum Gasteiger partial charge on any atom is 0.289 e. The van der Waals surface area contributed by atoms with Crippen molar-refractivity contribution < 1.29 is 19.1 Å². The van der Waals surface area contributed by atoms with E-state index >= 15 is 0 Å².